The number of aromatic nitrogens is 2. The van der Waals surface area contributed by atoms with E-state index in [2.05, 4.69) is 17.1 Å². The molecule has 1 unspecified atom stereocenters. The summed E-state index contributed by atoms with van der Waals surface area (Å²) in [5.74, 6) is 0.806. The molecule has 1 atom stereocenters. The smallest absolute Gasteiger partial charge is 0.261 e. The molecule has 0 fully saturated rings. The van der Waals surface area contributed by atoms with Gasteiger partial charge in [0, 0.05) is 19.6 Å². The number of para-hydroxylation sites is 1. The Morgan fingerprint density at radius 2 is 2.05 bits per heavy atom. The summed E-state index contributed by atoms with van der Waals surface area (Å²) in [6.07, 6.45) is 0. The van der Waals surface area contributed by atoms with Crippen molar-refractivity contribution >= 4 is 10.9 Å². The molecular weight excluding hydrogens is 264 g/mol. The fourth-order valence-corrected chi connectivity index (χ4v) is 2.42. The zero-order valence-electron chi connectivity index (χ0n) is 13.3. The molecule has 0 bridgehead atoms. The number of nitrogens with zero attached hydrogens (tertiary/aromatic N) is 3. The van der Waals surface area contributed by atoms with E-state index in [1.54, 1.807) is 4.57 Å². The number of hydrogen-bond acceptors (Lipinski definition) is 4. The molecule has 0 aliphatic rings. The van der Waals surface area contributed by atoms with Crippen LogP contribution in [-0.4, -0.2) is 41.6 Å². The van der Waals surface area contributed by atoms with E-state index in [1.807, 2.05) is 45.3 Å². The molecule has 5 nitrogen and oxygen atoms in total. The second-order valence-electron chi connectivity index (χ2n) is 5.52. The third-order valence-corrected chi connectivity index (χ3v) is 3.60. The zero-order valence-corrected chi connectivity index (χ0v) is 13.3. The van der Waals surface area contributed by atoms with Gasteiger partial charge in [0.1, 0.15) is 5.82 Å². The van der Waals surface area contributed by atoms with Gasteiger partial charge in [-0.05, 0) is 40.1 Å². The maximum absolute atomic E-state index is 12.6. The van der Waals surface area contributed by atoms with E-state index in [4.69, 9.17) is 4.98 Å². The summed E-state index contributed by atoms with van der Waals surface area (Å²) < 4.78 is 1.76. The van der Waals surface area contributed by atoms with E-state index in [-0.39, 0.29) is 11.6 Å². The highest BCUT2D eigenvalue weighted by Crippen LogP contribution is 2.13. The highest BCUT2D eigenvalue weighted by molar-refractivity contribution is 5.77. The molecule has 0 radical (unpaired) electrons. The lowest BCUT2D eigenvalue weighted by molar-refractivity contribution is 0.383. The Kier molecular flexibility index (Phi) is 5.09. The Bertz CT molecular complexity index is 663. The van der Waals surface area contributed by atoms with Gasteiger partial charge in [-0.15, -0.1) is 0 Å². The number of nitrogens with one attached hydrogen (secondary N) is 1. The van der Waals surface area contributed by atoms with Crippen LogP contribution in [0.3, 0.4) is 0 Å². The Morgan fingerprint density at radius 3 is 2.71 bits per heavy atom. The fraction of sp³-hybridized carbons (Fsp3) is 0.500. The number of rotatable bonds is 6. The lowest BCUT2D eigenvalue weighted by Crippen LogP contribution is -2.33. The molecular formula is C16H24N4O. The standard InChI is InChI=1S/C16H24N4O/c1-5-20-15(12(2)17-10-11-19(3)4)18-14-9-7-6-8-13(14)16(20)21/h6-9,12,17H,5,10-11H2,1-4H3. The first-order chi connectivity index (χ1) is 10.0. The number of likely N-dealkylation sites (N-methyl/N-ethyl adjacent to an activating group) is 1. The van der Waals surface area contributed by atoms with Gasteiger partial charge in [0.15, 0.2) is 0 Å². The maximum Gasteiger partial charge on any atom is 0.261 e. The van der Waals surface area contributed by atoms with Crippen molar-refractivity contribution in [3.05, 3.63) is 40.4 Å². The van der Waals surface area contributed by atoms with Gasteiger partial charge in [-0.1, -0.05) is 12.1 Å². The Hall–Kier alpha value is -1.72. The van der Waals surface area contributed by atoms with Gasteiger partial charge >= 0.3 is 0 Å². The predicted octanol–water partition coefficient (Wildman–Crippen LogP) is 1.63. The Balaban J connectivity index is 2.36. The lowest BCUT2D eigenvalue weighted by atomic mass is 10.2. The van der Waals surface area contributed by atoms with Crippen molar-refractivity contribution in [1.29, 1.82) is 0 Å². The van der Waals surface area contributed by atoms with Crippen LogP contribution >= 0.6 is 0 Å². The molecule has 1 N–H and O–H groups in total. The monoisotopic (exact) mass is 288 g/mol. The van der Waals surface area contributed by atoms with Gasteiger partial charge in [-0.2, -0.15) is 0 Å². The SMILES string of the molecule is CCn1c(C(C)NCCN(C)C)nc2ccccc2c1=O. The van der Waals surface area contributed by atoms with Gasteiger partial charge in [0.25, 0.3) is 5.56 Å². The van der Waals surface area contributed by atoms with Crippen molar-refractivity contribution in [2.75, 3.05) is 27.2 Å². The minimum Gasteiger partial charge on any atom is -0.308 e. The first-order valence-electron chi connectivity index (χ1n) is 7.42. The van der Waals surface area contributed by atoms with Gasteiger partial charge < -0.3 is 10.2 Å². The third-order valence-electron chi connectivity index (χ3n) is 3.60. The second-order valence-corrected chi connectivity index (χ2v) is 5.52. The summed E-state index contributed by atoms with van der Waals surface area (Å²) in [5, 5.41) is 4.12. The average molecular weight is 288 g/mol. The normalized spacial score (nSPS) is 13.0. The van der Waals surface area contributed by atoms with E-state index < -0.39 is 0 Å². The first kappa shape index (κ1) is 15.7. The minimum absolute atomic E-state index is 0.0411. The minimum atomic E-state index is 0.0411. The van der Waals surface area contributed by atoms with E-state index in [0.717, 1.165) is 24.4 Å². The van der Waals surface area contributed by atoms with Crippen molar-refractivity contribution in [2.45, 2.75) is 26.4 Å². The molecule has 0 saturated heterocycles. The first-order valence-corrected chi connectivity index (χ1v) is 7.42. The number of fused-ring (bicyclic) bond motifs is 1. The quantitative estimate of drug-likeness (QED) is 0.878. The van der Waals surface area contributed by atoms with Crippen molar-refractivity contribution in [1.82, 2.24) is 19.8 Å². The molecule has 21 heavy (non-hydrogen) atoms. The molecule has 0 spiro atoms. The molecule has 5 heteroatoms. The fourth-order valence-electron chi connectivity index (χ4n) is 2.42. The topological polar surface area (TPSA) is 50.2 Å². The van der Waals surface area contributed by atoms with Crippen LogP contribution in [0.4, 0.5) is 0 Å². The average Bonchev–Trinajstić information content (AvgIpc) is 2.46. The highest BCUT2D eigenvalue weighted by Gasteiger charge is 2.15. The van der Waals surface area contributed by atoms with Crippen molar-refractivity contribution in [3.8, 4) is 0 Å². The van der Waals surface area contributed by atoms with Gasteiger partial charge in [0.05, 0.1) is 16.9 Å². The van der Waals surface area contributed by atoms with E-state index >= 15 is 0 Å². The molecule has 2 aromatic rings. The van der Waals surface area contributed by atoms with Crippen LogP contribution in [0.5, 0.6) is 0 Å². The van der Waals surface area contributed by atoms with Crippen LogP contribution < -0.4 is 10.9 Å². The van der Waals surface area contributed by atoms with Crippen molar-refractivity contribution in [2.24, 2.45) is 0 Å². The summed E-state index contributed by atoms with van der Waals surface area (Å²) in [6, 6.07) is 7.57. The molecule has 0 aliphatic carbocycles. The predicted molar refractivity (Wildman–Crippen MR) is 86.6 cm³/mol. The van der Waals surface area contributed by atoms with Crippen molar-refractivity contribution in [3.63, 3.8) is 0 Å². The highest BCUT2D eigenvalue weighted by atomic mass is 16.1. The van der Waals surface area contributed by atoms with Gasteiger partial charge in [-0.25, -0.2) is 4.98 Å². The largest absolute Gasteiger partial charge is 0.308 e. The molecule has 114 valence electrons. The lowest BCUT2D eigenvalue weighted by Gasteiger charge is -2.19. The second kappa shape index (κ2) is 6.83. The Labute approximate surface area is 125 Å². The molecule has 0 amide bonds. The van der Waals surface area contributed by atoms with Crippen molar-refractivity contribution < 1.29 is 0 Å². The van der Waals surface area contributed by atoms with Crippen LogP contribution in [0, 0.1) is 0 Å². The van der Waals surface area contributed by atoms with Crippen LogP contribution in [0.15, 0.2) is 29.1 Å². The maximum atomic E-state index is 12.6. The Morgan fingerprint density at radius 1 is 1.33 bits per heavy atom. The molecule has 0 aliphatic heterocycles. The molecule has 1 heterocycles. The summed E-state index contributed by atoms with van der Waals surface area (Å²) in [7, 11) is 4.09. The van der Waals surface area contributed by atoms with Crippen LogP contribution in [0.2, 0.25) is 0 Å². The molecule has 2 rings (SSSR count). The zero-order chi connectivity index (χ0) is 15.4. The number of hydrogen-bond donors (Lipinski definition) is 1. The van der Waals surface area contributed by atoms with Crippen LogP contribution in [-0.2, 0) is 6.54 Å². The summed E-state index contributed by atoms with van der Waals surface area (Å²) >= 11 is 0. The number of benzene rings is 1. The third kappa shape index (κ3) is 3.49. The molecule has 1 aromatic heterocycles. The molecule has 0 saturated carbocycles. The summed E-state index contributed by atoms with van der Waals surface area (Å²) in [4.78, 5) is 19.4. The van der Waals surface area contributed by atoms with Crippen LogP contribution in [0.1, 0.15) is 25.7 Å². The van der Waals surface area contributed by atoms with E-state index in [9.17, 15) is 4.79 Å². The summed E-state index contributed by atoms with van der Waals surface area (Å²) in [5.41, 5.74) is 0.808. The van der Waals surface area contributed by atoms with E-state index in [0.29, 0.717) is 11.9 Å². The summed E-state index contributed by atoms with van der Waals surface area (Å²) in [6.45, 7) is 6.48. The van der Waals surface area contributed by atoms with Gasteiger partial charge in [-0.3, -0.25) is 9.36 Å². The molecule has 1 aromatic carbocycles. The van der Waals surface area contributed by atoms with E-state index in [1.165, 1.54) is 0 Å². The van der Waals surface area contributed by atoms with Gasteiger partial charge in [0.2, 0.25) is 0 Å². The van der Waals surface area contributed by atoms with Crippen LogP contribution in [0.25, 0.3) is 10.9 Å².